The number of unbranched alkanes of at least 4 members (excludes halogenated alkanes) is 31. The van der Waals surface area contributed by atoms with Gasteiger partial charge in [0, 0.05) is 12.8 Å². The lowest BCUT2D eigenvalue weighted by Crippen LogP contribution is -2.40. The van der Waals surface area contributed by atoms with Crippen molar-refractivity contribution < 1.29 is 42.9 Å². The molecule has 0 aromatic heterocycles. The zero-order valence-corrected chi connectivity index (χ0v) is 42.7. The first-order chi connectivity index (χ1) is 31.1. The Morgan fingerprint density at radius 3 is 1.30 bits per heavy atom. The lowest BCUT2D eigenvalue weighted by Gasteiger charge is -2.25. The van der Waals surface area contributed by atoms with Crippen molar-refractivity contribution in [3.63, 3.8) is 0 Å². The number of hydrogen-bond acceptors (Lipinski definition) is 7. The quantitative estimate of drug-likeness (QED) is 0.0211. The van der Waals surface area contributed by atoms with Crippen LogP contribution in [0.5, 0.6) is 0 Å². The molecule has 64 heavy (non-hydrogen) atoms. The number of likely N-dealkylation sites (N-methyl/N-ethyl adjacent to an activating group) is 1. The van der Waals surface area contributed by atoms with Crippen molar-refractivity contribution in [2.45, 2.75) is 264 Å². The lowest BCUT2D eigenvalue weighted by molar-refractivity contribution is -0.870. The largest absolute Gasteiger partial charge is 0.477 e. The second-order valence-corrected chi connectivity index (χ2v) is 19.5. The zero-order valence-electron chi connectivity index (χ0n) is 42.7. The number of esters is 2. The molecule has 0 radical (unpaired) electrons. The Morgan fingerprint density at radius 1 is 0.469 bits per heavy atom. The average molecular weight is 907 g/mol. The van der Waals surface area contributed by atoms with E-state index in [9.17, 15) is 19.5 Å². The maximum Gasteiger partial charge on any atom is 0.361 e. The summed E-state index contributed by atoms with van der Waals surface area (Å²) in [6.07, 6.45) is 51.2. The van der Waals surface area contributed by atoms with Crippen LogP contribution < -0.4 is 0 Å². The molecule has 376 valence electrons. The number of aliphatic carboxylic acids is 1. The van der Waals surface area contributed by atoms with Crippen molar-refractivity contribution in [2.75, 3.05) is 47.5 Å². The first kappa shape index (κ1) is 61.8. The van der Waals surface area contributed by atoms with E-state index in [0.717, 1.165) is 64.2 Å². The highest BCUT2D eigenvalue weighted by atomic mass is 16.7. The Hall–Kier alpha value is -2.23. The summed E-state index contributed by atoms with van der Waals surface area (Å²) in [6.45, 7) is 4.82. The predicted molar refractivity (Wildman–Crippen MR) is 268 cm³/mol. The van der Waals surface area contributed by atoms with E-state index in [1.807, 2.05) is 21.1 Å². The maximum atomic E-state index is 12.8. The molecule has 0 saturated carbocycles. The normalized spacial score (nSPS) is 13.0. The van der Waals surface area contributed by atoms with Gasteiger partial charge < -0.3 is 28.5 Å². The zero-order chi connectivity index (χ0) is 47.0. The molecule has 0 aromatic carbocycles. The van der Waals surface area contributed by atoms with Crippen molar-refractivity contribution in [2.24, 2.45) is 0 Å². The van der Waals surface area contributed by atoms with Crippen LogP contribution in [0, 0.1) is 0 Å². The van der Waals surface area contributed by atoms with Crippen LogP contribution in [0.2, 0.25) is 0 Å². The molecular weight excluding hydrogens is 803 g/mol. The molecule has 0 bridgehead atoms. The van der Waals surface area contributed by atoms with Crippen LogP contribution in [0.25, 0.3) is 0 Å². The summed E-state index contributed by atoms with van der Waals surface area (Å²) in [7, 11) is 5.96. The minimum atomic E-state index is -1.51. The first-order valence-electron chi connectivity index (χ1n) is 27.0. The van der Waals surface area contributed by atoms with E-state index in [-0.39, 0.29) is 32.2 Å². The molecule has 0 amide bonds. The molecule has 0 fully saturated rings. The van der Waals surface area contributed by atoms with Gasteiger partial charge in [0.2, 0.25) is 0 Å². The van der Waals surface area contributed by atoms with Crippen LogP contribution in [0.1, 0.15) is 251 Å². The summed E-state index contributed by atoms with van der Waals surface area (Å²) >= 11 is 0. The summed E-state index contributed by atoms with van der Waals surface area (Å²) in [5.74, 6) is -2.01. The molecule has 9 heteroatoms. The third-order valence-electron chi connectivity index (χ3n) is 11.9. The van der Waals surface area contributed by atoms with Crippen molar-refractivity contribution in [3.05, 3.63) is 24.3 Å². The number of allylic oxidation sites excluding steroid dienone is 4. The Kier molecular flexibility index (Phi) is 45.6. The van der Waals surface area contributed by atoms with Gasteiger partial charge in [-0.1, -0.05) is 224 Å². The topological polar surface area (TPSA) is 108 Å². The lowest BCUT2D eigenvalue weighted by atomic mass is 10.0. The van der Waals surface area contributed by atoms with Gasteiger partial charge in [-0.15, -0.1) is 0 Å². The monoisotopic (exact) mass is 907 g/mol. The van der Waals surface area contributed by atoms with Gasteiger partial charge in [-0.25, -0.2) is 4.79 Å². The summed E-state index contributed by atoms with van der Waals surface area (Å²) in [6, 6.07) is 0. The first-order valence-corrected chi connectivity index (χ1v) is 27.0. The second kappa shape index (κ2) is 47.3. The van der Waals surface area contributed by atoms with Crippen molar-refractivity contribution in [3.8, 4) is 0 Å². The van der Waals surface area contributed by atoms with Crippen LogP contribution in [0.4, 0.5) is 0 Å². The van der Waals surface area contributed by atoms with Crippen molar-refractivity contribution in [1.29, 1.82) is 0 Å². The van der Waals surface area contributed by atoms with Crippen LogP contribution in [-0.4, -0.2) is 87.4 Å². The van der Waals surface area contributed by atoms with Gasteiger partial charge in [-0.05, 0) is 38.5 Å². The molecule has 0 aliphatic rings. The Bertz CT molecular complexity index is 1100. The van der Waals surface area contributed by atoms with Crippen LogP contribution in [0.3, 0.4) is 0 Å². The van der Waals surface area contributed by atoms with Crippen molar-refractivity contribution >= 4 is 17.9 Å². The molecule has 9 nitrogen and oxygen atoms in total. The highest BCUT2D eigenvalue weighted by Gasteiger charge is 2.25. The van der Waals surface area contributed by atoms with Gasteiger partial charge in [0.15, 0.2) is 6.10 Å². The molecule has 0 aliphatic carbocycles. The molecule has 2 unspecified atom stereocenters. The summed E-state index contributed by atoms with van der Waals surface area (Å²) < 4.78 is 22.8. The maximum absolute atomic E-state index is 12.8. The number of quaternary nitrogens is 1. The molecule has 0 rings (SSSR count). The number of carboxylic acids is 1. The van der Waals surface area contributed by atoms with Gasteiger partial charge in [0.25, 0.3) is 6.29 Å². The number of carbonyl (C=O) groups is 3. The number of carbonyl (C=O) groups excluding carboxylic acids is 2. The molecule has 2 atom stereocenters. The Labute approximate surface area is 395 Å². The summed E-state index contributed by atoms with van der Waals surface area (Å²) in [5.41, 5.74) is 0. The van der Waals surface area contributed by atoms with E-state index in [2.05, 4.69) is 38.2 Å². The Balaban J connectivity index is 4.15. The highest BCUT2D eigenvalue weighted by molar-refractivity contribution is 5.71. The van der Waals surface area contributed by atoms with Gasteiger partial charge in [-0.2, -0.15) is 0 Å². The van der Waals surface area contributed by atoms with Crippen molar-refractivity contribution in [1.82, 2.24) is 0 Å². The average Bonchev–Trinajstić information content (AvgIpc) is 3.26. The van der Waals surface area contributed by atoms with Gasteiger partial charge >= 0.3 is 17.9 Å². The molecule has 0 aromatic rings. The van der Waals surface area contributed by atoms with E-state index in [1.165, 1.54) is 154 Å². The number of ether oxygens (including phenoxy) is 4. The number of hydrogen-bond donors (Lipinski definition) is 1. The predicted octanol–water partition coefficient (Wildman–Crippen LogP) is 15.2. The third-order valence-corrected chi connectivity index (χ3v) is 11.9. The highest BCUT2D eigenvalue weighted by Crippen LogP contribution is 2.17. The van der Waals surface area contributed by atoms with E-state index >= 15 is 0 Å². The van der Waals surface area contributed by atoms with E-state index < -0.39 is 24.3 Å². The van der Waals surface area contributed by atoms with Crippen LogP contribution in [-0.2, 0) is 33.3 Å². The molecule has 0 aliphatic heterocycles. The molecule has 1 N–H and O–H groups in total. The van der Waals surface area contributed by atoms with E-state index in [0.29, 0.717) is 23.9 Å². The smallest absolute Gasteiger partial charge is 0.361 e. The Morgan fingerprint density at radius 2 is 0.875 bits per heavy atom. The summed E-state index contributed by atoms with van der Waals surface area (Å²) in [4.78, 5) is 37.2. The van der Waals surface area contributed by atoms with E-state index in [4.69, 9.17) is 18.9 Å². The standard InChI is InChI=1S/C55H103NO8/c1-6-8-10-12-14-16-18-20-21-22-23-24-25-26-27-28-29-30-31-32-34-35-37-39-41-43-45-52(57)62-49-51(50-63-55(54(59)60)61-48-47-56(3,4)5)64-53(58)46-44-42-40-38-36-33-19-17-15-13-11-9-7-2/h11,13,17,19,51,55H,6-10,12,14-16,18,20-50H2,1-5H3/p+1/b13-11-,19-17-. The minimum Gasteiger partial charge on any atom is -0.477 e. The fourth-order valence-corrected chi connectivity index (χ4v) is 7.76. The van der Waals surface area contributed by atoms with Gasteiger partial charge in [0.1, 0.15) is 13.2 Å². The second-order valence-electron chi connectivity index (χ2n) is 19.5. The van der Waals surface area contributed by atoms with Crippen LogP contribution in [0.15, 0.2) is 24.3 Å². The molecule has 0 spiro atoms. The van der Waals surface area contributed by atoms with Crippen LogP contribution >= 0.6 is 0 Å². The molecular formula is C55H104NO8+. The minimum absolute atomic E-state index is 0.183. The number of carboxylic acid groups (broad SMARTS) is 1. The summed E-state index contributed by atoms with van der Waals surface area (Å²) in [5, 5.41) is 9.66. The number of rotatable bonds is 50. The van der Waals surface area contributed by atoms with Gasteiger partial charge in [0.05, 0.1) is 34.4 Å². The van der Waals surface area contributed by atoms with Gasteiger partial charge in [-0.3, -0.25) is 9.59 Å². The molecule has 0 saturated heterocycles. The van der Waals surface area contributed by atoms with E-state index in [1.54, 1.807) is 0 Å². The third kappa shape index (κ3) is 47.7. The molecule has 0 heterocycles. The SMILES string of the molecule is CCC/C=C\C/C=C\CCCCCCCC(=O)OC(COC(=O)CCCCCCCCCCCCCCCCCCCCCCCCCCCC)COC(OCC[N+](C)(C)C)C(=O)O. The fourth-order valence-electron chi connectivity index (χ4n) is 7.76. The fraction of sp³-hybridized carbons (Fsp3) is 0.873. The number of nitrogens with zero attached hydrogens (tertiary/aromatic N) is 1.